The van der Waals surface area contributed by atoms with Crippen LogP contribution < -0.4 is 5.32 Å². The lowest BCUT2D eigenvalue weighted by Crippen LogP contribution is -2.58. The highest BCUT2D eigenvalue weighted by atomic mass is 15.2. The molecule has 3 aliphatic rings. The Bertz CT molecular complexity index is 317. The van der Waals surface area contributed by atoms with Crippen molar-refractivity contribution < 1.29 is 0 Å². The third-order valence-electron chi connectivity index (χ3n) is 6.62. The topological polar surface area (TPSA) is 15.3 Å². The Morgan fingerprint density at radius 1 is 0.952 bits per heavy atom. The maximum atomic E-state index is 3.90. The lowest BCUT2D eigenvalue weighted by atomic mass is 9.78. The van der Waals surface area contributed by atoms with Crippen LogP contribution in [0.15, 0.2) is 0 Å². The van der Waals surface area contributed by atoms with E-state index >= 15 is 0 Å². The molecule has 21 heavy (non-hydrogen) atoms. The summed E-state index contributed by atoms with van der Waals surface area (Å²) in [5.41, 5.74) is 0. The van der Waals surface area contributed by atoms with Crippen LogP contribution >= 0.6 is 0 Å². The van der Waals surface area contributed by atoms with Gasteiger partial charge in [-0.25, -0.2) is 0 Å². The number of hydrogen-bond donors (Lipinski definition) is 1. The van der Waals surface area contributed by atoms with Crippen molar-refractivity contribution in [3.8, 4) is 0 Å². The zero-order valence-electron chi connectivity index (χ0n) is 14.3. The van der Waals surface area contributed by atoms with Gasteiger partial charge >= 0.3 is 0 Å². The van der Waals surface area contributed by atoms with Gasteiger partial charge in [-0.15, -0.1) is 0 Å². The predicted octanol–water partition coefficient (Wildman–Crippen LogP) is 4.20. The van der Waals surface area contributed by atoms with Crippen LogP contribution in [0.2, 0.25) is 0 Å². The van der Waals surface area contributed by atoms with Crippen LogP contribution in [0, 0.1) is 11.8 Å². The molecular weight excluding hydrogens is 256 g/mol. The van der Waals surface area contributed by atoms with E-state index in [1.807, 2.05) is 0 Å². The molecule has 1 saturated heterocycles. The lowest BCUT2D eigenvalue weighted by Gasteiger charge is -2.49. The highest BCUT2D eigenvalue weighted by Crippen LogP contribution is 2.41. The molecule has 0 amide bonds. The fraction of sp³-hybridized carbons (Fsp3) is 1.00. The molecule has 0 aromatic carbocycles. The monoisotopic (exact) mass is 292 g/mol. The number of hydrogen-bond acceptors (Lipinski definition) is 2. The second-order valence-electron chi connectivity index (χ2n) is 7.85. The van der Waals surface area contributed by atoms with Gasteiger partial charge in [-0.05, 0) is 76.3 Å². The zero-order valence-corrected chi connectivity index (χ0v) is 14.3. The van der Waals surface area contributed by atoms with E-state index in [-0.39, 0.29) is 0 Å². The SMILES string of the molecule is CCCNC1CCC(CC)CC1N1CCCC2CCCC21. The Kier molecular flexibility index (Phi) is 5.61. The molecule has 2 aliphatic carbocycles. The van der Waals surface area contributed by atoms with Gasteiger partial charge in [0.1, 0.15) is 0 Å². The minimum Gasteiger partial charge on any atom is -0.312 e. The average molecular weight is 293 g/mol. The van der Waals surface area contributed by atoms with Crippen LogP contribution in [0.25, 0.3) is 0 Å². The number of likely N-dealkylation sites (tertiary alicyclic amines) is 1. The molecule has 3 fully saturated rings. The fourth-order valence-electron chi connectivity index (χ4n) is 5.44. The first-order valence-electron chi connectivity index (χ1n) is 9.82. The van der Waals surface area contributed by atoms with E-state index < -0.39 is 0 Å². The normalized spacial score (nSPS) is 41.1. The highest BCUT2D eigenvalue weighted by molar-refractivity contribution is 4.98. The maximum absolute atomic E-state index is 3.90. The average Bonchev–Trinajstić information content (AvgIpc) is 3.01. The number of piperidine rings is 1. The van der Waals surface area contributed by atoms with Gasteiger partial charge in [-0.3, -0.25) is 4.90 Å². The summed E-state index contributed by atoms with van der Waals surface area (Å²) < 4.78 is 0. The summed E-state index contributed by atoms with van der Waals surface area (Å²) >= 11 is 0. The van der Waals surface area contributed by atoms with Crippen molar-refractivity contribution in [1.29, 1.82) is 0 Å². The standard InChI is InChI=1S/C19H36N2/c1-3-12-20-17-11-10-15(4-2)14-19(17)21-13-6-8-16-7-5-9-18(16)21/h15-20H,3-14H2,1-2H3. The van der Waals surface area contributed by atoms with E-state index in [2.05, 4.69) is 24.1 Å². The van der Waals surface area contributed by atoms with Gasteiger partial charge in [-0.2, -0.15) is 0 Å². The van der Waals surface area contributed by atoms with E-state index in [9.17, 15) is 0 Å². The number of fused-ring (bicyclic) bond motifs is 1. The van der Waals surface area contributed by atoms with Gasteiger partial charge < -0.3 is 5.32 Å². The largest absolute Gasteiger partial charge is 0.312 e. The minimum absolute atomic E-state index is 0.770. The molecule has 5 unspecified atom stereocenters. The van der Waals surface area contributed by atoms with Gasteiger partial charge in [0.25, 0.3) is 0 Å². The van der Waals surface area contributed by atoms with Gasteiger partial charge in [0.15, 0.2) is 0 Å². The predicted molar refractivity (Wildman–Crippen MR) is 90.6 cm³/mol. The van der Waals surface area contributed by atoms with Gasteiger partial charge in [-0.1, -0.05) is 26.7 Å². The number of nitrogens with zero attached hydrogens (tertiary/aromatic N) is 1. The summed E-state index contributed by atoms with van der Waals surface area (Å²) in [6.45, 7) is 7.29. The molecule has 0 bridgehead atoms. The van der Waals surface area contributed by atoms with Crippen LogP contribution in [0.1, 0.15) is 78.1 Å². The highest BCUT2D eigenvalue weighted by Gasteiger charge is 2.42. The quantitative estimate of drug-likeness (QED) is 0.817. The third kappa shape index (κ3) is 3.47. The summed E-state index contributed by atoms with van der Waals surface area (Å²) in [5.74, 6) is 2.02. The van der Waals surface area contributed by atoms with Crippen molar-refractivity contribution in [2.24, 2.45) is 11.8 Å². The molecule has 2 heteroatoms. The summed E-state index contributed by atoms with van der Waals surface area (Å²) in [4.78, 5) is 2.98. The smallest absolute Gasteiger partial charge is 0.0255 e. The lowest BCUT2D eigenvalue weighted by molar-refractivity contribution is 0.0194. The first-order chi connectivity index (χ1) is 10.3. The van der Waals surface area contributed by atoms with E-state index in [4.69, 9.17) is 0 Å². The van der Waals surface area contributed by atoms with Crippen LogP contribution in [0.5, 0.6) is 0 Å². The van der Waals surface area contributed by atoms with Crippen molar-refractivity contribution in [2.45, 2.75) is 96.2 Å². The van der Waals surface area contributed by atoms with Crippen molar-refractivity contribution in [3.63, 3.8) is 0 Å². The Labute approximate surface area is 132 Å². The zero-order chi connectivity index (χ0) is 14.7. The van der Waals surface area contributed by atoms with Gasteiger partial charge in [0.05, 0.1) is 0 Å². The first kappa shape index (κ1) is 15.8. The van der Waals surface area contributed by atoms with Crippen molar-refractivity contribution >= 4 is 0 Å². The minimum atomic E-state index is 0.770. The summed E-state index contributed by atoms with van der Waals surface area (Å²) in [6.07, 6.45) is 14.4. The first-order valence-corrected chi connectivity index (χ1v) is 9.82. The van der Waals surface area contributed by atoms with Gasteiger partial charge in [0.2, 0.25) is 0 Å². The third-order valence-corrected chi connectivity index (χ3v) is 6.62. The van der Waals surface area contributed by atoms with Crippen LogP contribution in [0.4, 0.5) is 0 Å². The van der Waals surface area contributed by atoms with Crippen molar-refractivity contribution in [1.82, 2.24) is 10.2 Å². The molecule has 0 radical (unpaired) electrons. The van der Waals surface area contributed by atoms with E-state index in [0.717, 1.165) is 30.0 Å². The Morgan fingerprint density at radius 2 is 1.81 bits per heavy atom. The van der Waals surface area contributed by atoms with E-state index in [1.54, 1.807) is 0 Å². The second-order valence-corrected chi connectivity index (χ2v) is 7.85. The molecule has 2 nitrogen and oxygen atoms in total. The molecule has 1 N–H and O–H groups in total. The van der Waals surface area contributed by atoms with Crippen LogP contribution in [-0.2, 0) is 0 Å². The second kappa shape index (κ2) is 7.46. The molecule has 2 saturated carbocycles. The molecule has 1 heterocycles. The molecular formula is C19H36N2. The fourth-order valence-corrected chi connectivity index (χ4v) is 5.44. The molecule has 0 aromatic rings. The molecule has 0 spiro atoms. The molecule has 122 valence electrons. The summed E-state index contributed by atoms with van der Waals surface area (Å²) in [5, 5.41) is 3.90. The Balaban J connectivity index is 1.70. The molecule has 5 atom stereocenters. The Hall–Kier alpha value is -0.0800. The number of nitrogens with one attached hydrogen (secondary N) is 1. The van der Waals surface area contributed by atoms with Crippen LogP contribution in [0.3, 0.4) is 0 Å². The maximum Gasteiger partial charge on any atom is 0.0255 e. The molecule has 1 aliphatic heterocycles. The van der Waals surface area contributed by atoms with Crippen molar-refractivity contribution in [3.05, 3.63) is 0 Å². The molecule has 0 aromatic heterocycles. The van der Waals surface area contributed by atoms with E-state index in [0.29, 0.717) is 0 Å². The summed E-state index contributed by atoms with van der Waals surface area (Å²) in [7, 11) is 0. The van der Waals surface area contributed by atoms with E-state index in [1.165, 1.54) is 77.3 Å². The Morgan fingerprint density at radius 3 is 2.62 bits per heavy atom. The van der Waals surface area contributed by atoms with Gasteiger partial charge in [0, 0.05) is 18.1 Å². The van der Waals surface area contributed by atoms with Crippen molar-refractivity contribution in [2.75, 3.05) is 13.1 Å². The van der Waals surface area contributed by atoms with Crippen LogP contribution in [-0.4, -0.2) is 36.1 Å². The number of rotatable bonds is 5. The summed E-state index contributed by atoms with van der Waals surface area (Å²) in [6, 6.07) is 2.54. The molecule has 3 rings (SSSR count).